The summed E-state index contributed by atoms with van der Waals surface area (Å²) in [6, 6.07) is 14.5. The summed E-state index contributed by atoms with van der Waals surface area (Å²) >= 11 is 3.36. The van der Waals surface area contributed by atoms with Crippen LogP contribution in [0.5, 0.6) is 11.5 Å². The first-order valence-corrected chi connectivity index (χ1v) is 7.25. The number of benzene rings is 2. The third kappa shape index (κ3) is 4.49. The second kappa shape index (κ2) is 7.13. The van der Waals surface area contributed by atoms with Gasteiger partial charge < -0.3 is 14.8 Å². The minimum atomic E-state index is -0.600. The molecule has 0 aliphatic carbocycles. The van der Waals surface area contributed by atoms with Crippen molar-refractivity contribution in [3.8, 4) is 11.5 Å². The molecule has 1 unspecified atom stereocenters. The molecule has 1 N–H and O–H groups in total. The molecule has 0 aromatic heterocycles. The Bertz CT molecular complexity index is 613. The van der Waals surface area contributed by atoms with E-state index in [1.165, 1.54) is 0 Å². The molecule has 4 nitrogen and oxygen atoms in total. The summed E-state index contributed by atoms with van der Waals surface area (Å²) in [6.07, 6.45) is -0.600. The molecule has 5 heteroatoms. The summed E-state index contributed by atoms with van der Waals surface area (Å²) in [7, 11) is 1.60. The largest absolute Gasteiger partial charge is 0.497 e. The zero-order chi connectivity index (χ0) is 15.2. The highest BCUT2D eigenvalue weighted by molar-refractivity contribution is 9.10. The first-order valence-electron chi connectivity index (χ1n) is 6.45. The lowest BCUT2D eigenvalue weighted by Crippen LogP contribution is -2.30. The van der Waals surface area contributed by atoms with Crippen molar-refractivity contribution in [2.24, 2.45) is 0 Å². The second-order valence-corrected chi connectivity index (χ2v) is 5.35. The fourth-order valence-electron chi connectivity index (χ4n) is 1.72. The van der Waals surface area contributed by atoms with Gasteiger partial charge in [0, 0.05) is 10.2 Å². The van der Waals surface area contributed by atoms with Crippen LogP contribution in [-0.4, -0.2) is 19.1 Å². The fraction of sp³-hybridized carbons (Fsp3) is 0.188. The number of anilines is 1. The van der Waals surface area contributed by atoms with Crippen molar-refractivity contribution >= 4 is 27.5 Å². The number of carbonyl (C=O) groups is 1. The van der Waals surface area contributed by atoms with Crippen molar-refractivity contribution in [1.29, 1.82) is 0 Å². The molecule has 0 bridgehead atoms. The van der Waals surface area contributed by atoms with Crippen LogP contribution in [0.1, 0.15) is 6.92 Å². The lowest BCUT2D eigenvalue weighted by atomic mass is 10.3. The average Bonchev–Trinajstić information content (AvgIpc) is 2.48. The molecule has 0 aliphatic rings. The molecule has 2 aromatic carbocycles. The molecule has 0 saturated carbocycles. The van der Waals surface area contributed by atoms with E-state index in [4.69, 9.17) is 9.47 Å². The lowest BCUT2D eigenvalue weighted by Gasteiger charge is -2.15. The molecule has 0 fully saturated rings. The van der Waals surface area contributed by atoms with Crippen LogP contribution in [0, 0.1) is 0 Å². The van der Waals surface area contributed by atoms with Crippen molar-refractivity contribution < 1.29 is 14.3 Å². The molecule has 2 aromatic rings. The summed E-state index contributed by atoms with van der Waals surface area (Å²) < 4.78 is 11.6. The van der Waals surface area contributed by atoms with Crippen molar-refractivity contribution in [3.63, 3.8) is 0 Å². The molecule has 0 aliphatic heterocycles. The summed E-state index contributed by atoms with van der Waals surface area (Å²) in [5, 5.41) is 2.81. The lowest BCUT2D eigenvalue weighted by molar-refractivity contribution is -0.122. The van der Waals surface area contributed by atoms with E-state index in [0.29, 0.717) is 5.75 Å². The predicted octanol–water partition coefficient (Wildman–Crippen LogP) is 3.86. The van der Waals surface area contributed by atoms with Gasteiger partial charge in [-0.2, -0.15) is 0 Å². The first-order chi connectivity index (χ1) is 10.1. The Hall–Kier alpha value is -2.01. The van der Waals surface area contributed by atoms with Gasteiger partial charge in [-0.3, -0.25) is 4.79 Å². The number of hydrogen-bond acceptors (Lipinski definition) is 3. The van der Waals surface area contributed by atoms with Gasteiger partial charge in [0.15, 0.2) is 6.10 Å². The van der Waals surface area contributed by atoms with Gasteiger partial charge in [-0.1, -0.05) is 22.0 Å². The Morgan fingerprint density at radius 1 is 1.14 bits per heavy atom. The molecular weight excluding hydrogens is 334 g/mol. The maximum Gasteiger partial charge on any atom is 0.265 e. The number of hydrogen-bond donors (Lipinski definition) is 1. The summed E-state index contributed by atoms with van der Waals surface area (Å²) in [5.41, 5.74) is 0.722. The highest BCUT2D eigenvalue weighted by atomic mass is 79.9. The molecule has 2 rings (SSSR count). The van der Waals surface area contributed by atoms with Crippen LogP contribution in [0.2, 0.25) is 0 Å². The SMILES string of the molecule is COc1ccc(OC(C)C(=O)Nc2cccc(Br)c2)cc1. The Balaban J connectivity index is 1.95. The van der Waals surface area contributed by atoms with E-state index in [1.807, 2.05) is 24.3 Å². The van der Waals surface area contributed by atoms with Gasteiger partial charge in [0.25, 0.3) is 5.91 Å². The van der Waals surface area contributed by atoms with Crippen LogP contribution in [0.3, 0.4) is 0 Å². The van der Waals surface area contributed by atoms with Gasteiger partial charge in [0.1, 0.15) is 11.5 Å². The molecule has 0 spiro atoms. The maximum atomic E-state index is 12.1. The standard InChI is InChI=1S/C16H16BrNO3/c1-11(21-15-8-6-14(20-2)7-9-15)16(19)18-13-5-3-4-12(17)10-13/h3-11H,1-2H3,(H,18,19). The monoisotopic (exact) mass is 349 g/mol. The Morgan fingerprint density at radius 3 is 2.43 bits per heavy atom. The summed E-state index contributed by atoms with van der Waals surface area (Å²) in [4.78, 5) is 12.1. The zero-order valence-electron chi connectivity index (χ0n) is 11.8. The van der Waals surface area contributed by atoms with E-state index in [0.717, 1.165) is 15.9 Å². The topological polar surface area (TPSA) is 47.6 Å². The number of ether oxygens (including phenoxy) is 2. The van der Waals surface area contributed by atoms with E-state index < -0.39 is 6.10 Å². The fourth-order valence-corrected chi connectivity index (χ4v) is 2.12. The molecule has 1 atom stereocenters. The highest BCUT2D eigenvalue weighted by Gasteiger charge is 2.15. The van der Waals surface area contributed by atoms with Crippen molar-refractivity contribution in [1.82, 2.24) is 0 Å². The molecule has 0 radical (unpaired) electrons. The quantitative estimate of drug-likeness (QED) is 0.891. The van der Waals surface area contributed by atoms with Gasteiger partial charge >= 0.3 is 0 Å². The molecule has 1 amide bonds. The average molecular weight is 350 g/mol. The van der Waals surface area contributed by atoms with Gasteiger partial charge in [-0.25, -0.2) is 0 Å². The smallest absolute Gasteiger partial charge is 0.265 e. The van der Waals surface area contributed by atoms with Crippen LogP contribution in [-0.2, 0) is 4.79 Å². The predicted molar refractivity (Wildman–Crippen MR) is 85.9 cm³/mol. The van der Waals surface area contributed by atoms with E-state index in [1.54, 1.807) is 38.3 Å². The number of amides is 1. The van der Waals surface area contributed by atoms with E-state index in [2.05, 4.69) is 21.2 Å². The van der Waals surface area contributed by atoms with E-state index in [9.17, 15) is 4.79 Å². The Kier molecular flexibility index (Phi) is 5.22. The molecule has 0 heterocycles. The van der Waals surface area contributed by atoms with E-state index in [-0.39, 0.29) is 5.91 Å². The van der Waals surface area contributed by atoms with Crippen molar-refractivity contribution in [2.75, 3.05) is 12.4 Å². The van der Waals surface area contributed by atoms with Gasteiger partial charge in [0.2, 0.25) is 0 Å². The van der Waals surface area contributed by atoms with Gasteiger partial charge in [-0.05, 0) is 49.4 Å². The molecule has 0 saturated heterocycles. The van der Waals surface area contributed by atoms with Crippen LogP contribution in [0.4, 0.5) is 5.69 Å². The van der Waals surface area contributed by atoms with E-state index >= 15 is 0 Å². The highest BCUT2D eigenvalue weighted by Crippen LogP contribution is 2.19. The Morgan fingerprint density at radius 2 is 1.81 bits per heavy atom. The van der Waals surface area contributed by atoms with Crippen LogP contribution in [0.15, 0.2) is 53.0 Å². The molecular formula is C16H16BrNO3. The minimum absolute atomic E-state index is 0.205. The number of rotatable bonds is 5. The minimum Gasteiger partial charge on any atom is -0.497 e. The number of nitrogens with one attached hydrogen (secondary N) is 1. The van der Waals surface area contributed by atoms with Crippen LogP contribution >= 0.6 is 15.9 Å². The number of carbonyl (C=O) groups excluding carboxylic acids is 1. The maximum absolute atomic E-state index is 12.1. The van der Waals surface area contributed by atoms with Crippen molar-refractivity contribution in [2.45, 2.75) is 13.0 Å². The Labute approximate surface area is 132 Å². The second-order valence-electron chi connectivity index (χ2n) is 4.44. The normalized spacial score (nSPS) is 11.6. The van der Waals surface area contributed by atoms with Crippen LogP contribution in [0.25, 0.3) is 0 Å². The summed E-state index contributed by atoms with van der Waals surface area (Å²) in [6.45, 7) is 1.71. The number of halogens is 1. The third-order valence-corrected chi connectivity index (χ3v) is 3.33. The molecule has 110 valence electrons. The summed E-state index contributed by atoms with van der Waals surface area (Å²) in [5.74, 6) is 1.16. The van der Waals surface area contributed by atoms with Gasteiger partial charge in [-0.15, -0.1) is 0 Å². The van der Waals surface area contributed by atoms with Crippen molar-refractivity contribution in [3.05, 3.63) is 53.0 Å². The molecule has 21 heavy (non-hydrogen) atoms. The number of methoxy groups -OCH3 is 1. The third-order valence-electron chi connectivity index (χ3n) is 2.83. The van der Waals surface area contributed by atoms with Gasteiger partial charge in [0.05, 0.1) is 7.11 Å². The zero-order valence-corrected chi connectivity index (χ0v) is 13.4. The van der Waals surface area contributed by atoms with Crippen LogP contribution < -0.4 is 14.8 Å². The first kappa shape index (κ1) is 15.4.